The van der Waals surface area contributed by atoms with Crippen molar-refractivity contribution in [2.24, 2.45) is 0 Å². The molecular formula is C17H17FN4O2S. The summed E-state index contributed by atoms with van der Waals surface area (Å²) in [6.45, 7) is 2.26. The number of aromatic amines is 1. The highest BCUT2D eigenvalue weighted by molar-refractivity contribution is 7.99. The lowest BCUT2D eigenvalue weighted by Gasteiger charge is -2.14. The highest BCUT2D eigenvalue weighted by Gasteiger charge is 2.15. The van der Waals surface area contributed by atoms with Crippen LogP contribution in [0.2, 0.25) is 0 Å². The van der Waals surface area contributed by atoms with Gasteiger partial charge in [-0.3, -0.25) is 9.89 Å². The van der Waals surface area contributed by atoms with Gasteiger partial charge in [0.1, 0.15) is 17.3 Å². The number of H-pyrrole nitrogens is 1. The van der Waals surface area contributed by atoms with Crippen LogP contribution in [0.25, 0.3) is 11.4 Å². The monoisotopic (exact) mass is 360 g/mol. The lowest BCUT2D eigenvalue weighted by molar-refractivity contribution is -0.127. The van der Waals surface area contributed by atoms with E-state index in [1.807, 2.05) is 19.1 Å². The van der Waals surface area contributed by atoms with Crippen LogP contribution in [-0.2, 0) is 11.3 Å². The zero-order valence-corrected chi connectivity index (χ0v) is 14.6. The molecule has 2 aromatic heterocycles. The van der Waals surface area contributed by atoms with E-state index < -0.39 is 0 Å². The summed E-state index contributed by atoms with van der Waals surface area (Å²) >= 11 is 1.20. The number of halogens is 1. The lowest BCUT2D eigenvalue weighted by atomic mass is 10.2. The van der Waals surface area contributed by atoms with E-state index in [9.17, 15) is 9.18 Å². The molecule has 0 fully saturated rings. The highest BCUT2D eigenvalue weighted by atomic mass is 32.2. The van der Waals surface area contributed by atoms with Gasteiger partial charge >= 0.3 is 0 Å². The minimum Gasteiger partial charge on any atom is -0.464 e. The first-order valence-corrected chi connectivity index (χ1v) is 8.61. The minimum absolute atomic E-state index is 0.0729. The first kappa shape index (κ1) is 17.2. The van der Waals surface area contributed by atoms with Crippen molar-refractivity contribution in [2.75, 3.05) is 12.8 Å². The third-order valence-electron chi connectivity index (χ3n) is 3.53. The van der Waals surface area contributed by atoms with Gasteiger partial charge in [0.15, 0.2) is 5.82 Å². The maximum atomic E-state index is 13.7. The molecule has 3 rings (SSSR count). The van der Waals surface area contributed by atoms with Crippen molar-refractivity contribution >= 4 is 17.7 Å². The van der Waals surface area contributed by atoms with Crippen molar-refractivity contribution in [2.45, 2.75) is 18.6 Å². The van der Waals surface area contributed by atoms with Crippen molar-refractivity contribution in [1.29, 1.82) is 0 Å². The van der Waals surface area contributed by atoms with Crippen LogP contribution < -0.4 is 0 Å². The van der Waals surface area contributed by atoms with E-state index in [1.54, 1.807) is 30.1 Å². The van der Waals surface area contributed by atoms with E-state index in [0.717, 1.165) is 11.5 Å². The van der Waals surface area contributed by atoms with E-state index in [1.165, 1.54) is 17.8 Å². The van der Waals surface area contributed by atoms with Gasteiger partial charge in [0.05, 0.1) is 17.9 Å². The average molecular weight is 360 g/mol. The Balaban J connectivity index is 1.56. The molecule has 0 aliphatic carbocycles. The summed E-state index contributed by atoms with van der Waals surface area (Å²) in [5.74, 6) is 1.62. The molecule has 0 aliphatic rings. The van der Waals surface area contributed by atoms with Gasteiger partial charge in [-0.15, -0.1) is 5.10 Å². The molecule has 130 valence electrons. The quantitative estimate of drug-likeness (QED) is 0.683. The fourth-order valence-electron chi connectivity index (χ4n) is 2.21. The molecule has 0 saturated heterocycles. The first-order chi connectivity index (χ1) is 12.0. The number of nitrogens with zero attached hydrogens (tertiary/aromatic N) is 3. The average Bonchev–Trinajstić information content (AvgIpc) is 3.22. The van der Waals surface area contributed by atoms with Gasteiger partial charge in [-0.2, -0.15) is 0 Å². The summed E-state index contributed by atoms with van der Waals surface area (Å²) in [6.07, 6.45) is 0. The topological polar surface area (TPSA) is 75.0 Å². The predicted molar refractivity (Wildman–Crippen MR) is 92.4 cm³/mol. The summed E-state index contributed by atoms with van der Waals surface area (Å²) in [7, 11) is 1.71. The van der Waals surface area contributed by atoms with Crippen LogP contribution in [0, 0.1) is 12.7 Å². The van der Waals surface area contributed by atoms with Crippen LogP contribution >= 0.6 is 11.8 Å². The Morgan fingerprint density at radius 2 is 2.12 bits per heavy atom. The molecule has 25 heavy (non-hydrogen) atoms. The lowest BCUT2D eigenvalue weighted by Crippen LogP contribution is -2.27. The van der Waals surface area contributed by atoms with E-state index >= 15 is 0 Å². The van der Waals surface area contributed by atoms with Crippen molar-refractivity contribution in [3.63, 3.8) is 0 Å². The number of benzene rings is 1. The number of furan rings is 1. The molecule has 0 spiro atoms. The van der Waals surface area contributed by atoms with Gasteiger partial charge in [0.25, 0.3) is 0 Å². The number of thioether (sulfide) groups is 1. The number of aryl methyl sites for hydroxylation is 1. The van der Waals surface area contributed by atoms with Crippen LogP contribution in [-0.4, -0.2) is 38.8 Å². The molecule has 0 aliphatic heterocycles. The third-order valence-corrected chi connectivity index (χ3v) is 4.37. The summed E-state index contributed by atoms with van der Waals surface area (Å²) in [4.78, 5) is 18.0. The molecule has 0 saturated carbocycles. The molecule has 8 heteroatoms. The molecular weight excluding hydrogens is 343 g/mol. The molecule has 0 unspecified atom stereocenters. The molecule has 3 aromatic rings. The van der Waals surface area contributed by atoms with Crippen molar-refractivity contribution in [3.05, 3.63) is 53.7 Å². The fraction of sp³-hybridized carbons (Fsp3) is 0.235. The Labute approximate surface area is 148 Å². The number of carbonyl (C=O) groups is 1. The SMILES string of the molecule is Cc1ccc(CN(C)C(=O)CSc2n[nH]c(-c3ccccc3F)n2)o1. The molecule has 1 aromatic carbocycles. The summed E-state index contributed by atoms with van der Waals surface area (Å²) in [5, 5.41) is 7.12. The molecule has 1 amide bonds. The summed E-state index contributed by atoms with van der Waals surface area (Å²) in [6, 6.07) is 10.0. The molecule has 6 nitrogen and oxygen atoms in total. The first-order valence-electron chi connectivity index (χ1n) is 7.62. The molecule has 0 bridgehead atoms. The maximum absolute atomic E-state index is 13.7. The number of amides is 1. The third kappa shape index (κ3) is 4.27. The molecule has 0 radical (unpaired) electrons. The number of rotatable bonds is 6. The van der Waals surface area contributed by atoms with Gasteiger partial charge in [-0.05, 0) is 31.2 Å². The van der Waals surface area contributed by atoms with E-state index in [-0.39, 0.29) is 17.5 Å². The Bertz CT molecular complexity index is 877. The van der Waals surface area contributed by atoms with Gasteiger partial charge in [-0.25, -0.2) is 9.37 Å². The molecule has 0 atom stereocenters. The number of hydrogen-bond acceptors (Lipinski definition) is 5. The second-order valence-corrected chi connectivity index (χ2v) is 6.44. The fourth-order valence-corrected chi connectivity index (χ4v) is 2.95. The summed E-state index contributed by atoms with van der Waals surface area (Å²) in [5.41, 5.74) is 0.346. The number of nitrogens with one attached hydrogen (secondary N) is 1. The zero-order chi connectivity index (χ0) is 17.8. The van der Waals surface area contributed by atoms with Crippen LogP contribution in [0.3, 0.4) is 0 Å². The van der Waals surface area contributed by atoms with Gasteiger partial charge in [0, 0.05) is 7.05 Å². The smallest absolute Gasteiger partial charge is 0.233 e. The Kier molecular flexibility index (Phi) is 5.18. The Morgan fingerprint density at radius 1 is 1.32 bits per heavy atom. The van der Waals surface area contributed by atoms with Gasteiger partial charge < -0.3 is 9.32 Å². The largest absolute Gasteiger partial charge is 0.464 e. The predicted octanol–water partition coefficient (Wildman–Crippen LogP) is 3.26. The van der Waals surface area contributed by atoms with Crippen LogP contribution in [0.5, 0.6) is 0 Å². The van der Waals surface area contributed by atoms with E-state index in [0.29, 0.717) is 23.1 Å². The maximum Gasteiger partial charge on any atom is 0.233 e. The Hall–Kier alpha value is -2.61. The van der Waals surface area contributed by atoms with Crippen LogP contribution in [0.4, 0.5) is 4.39 Å². The molecule has 1 N–H and O–H groups in total. The Morgan fingerprint density at radius 3 is 2.84 bits per heavy atom. The number of hydrogen-bond donors (Lipinski definition) is 1. The summed E-state index contributed by atoms with van der Waals surface area (Å²) < 4.78 is 19.2. The normalized spacial score (nSPS) is 10.8. The highest BCUT2D eigenvalue weighted by Crippen LogP contribution is 2.21. The second-order valence-electron chi connectivity index (χ2n) is 5.50. The van der Waals surface area contributed by atoms with Crippen molar-refractivity contribution in [1.82, 2.24) is 20.1 Å². The van der Waals surface area contributed by atoms with E-state index in [2.05, 4.69) is 15.2 Å². The van der Waals surface area contributed by atoms with Crippen LogP contribution in [0.1, 0.15) is 11.5 Å². The standard InChI is InChI=1S/C17H17FN4O2S/c1-11-7-8-12(24-11)9-22(2)15(23)10-25-17-19-16(20-21-17)13-5-3-4-6-14(13)18/h3-8H,9-10H2,1-2H3,(H,19,20,21). The second kappa shape index (κ2) is 7.52. The number of carbonyl (C=O) groups excluding carboxylic acids is 1. The van der Waals surface area contributed by atoms with Crippen molar-refractivity contribution in [3.8, 4) is 11.4 Å². The van der Waals surface area contributed by atoms with Gasteiger partial charge in [-0.1, -0.05) is 23.9 Å². The number of aromatic nitrogens is 3. The van der Waals surface area contributed by atoms with E-state index in [4.69, 9.17) is 4.42 Å². The minimum atomic E-state index is -0.375. The molecule has 2 heterocycles. The van der Waals surface area contributed by atoms with Crippen molar-refractivity contribution < 1.29 is 13.6 Å². The zero-order valence-electron chi connectivity index (χ0n) is 13.8. The van der Waals surface area contributed by atoms with Gasteiger partial charge in [0.2, 0.25) is 11.1 Å². The van der Waals surface area contributed by atoms with Crippen LogP contribution in [0.15, 0.2) is 46.0 Å².